The SMILES string of the molecule is COC(=O)[C@H]1O[C@@H](Oc2ccc(CO)cc2)[C@H](C)[C@@H](C)[C@@H]1OC(C)=O. The number of methoxy groups -OCH3 is 1. The number of hydrogen-bond acceptors (Lipinski definition) is 7. The lowest BCUT2D eigenvalue weighted by Crippen LogP contribution is -2.55. The summed E-state index contributed by atoms with van der Waals surface area (Å²) < 4.78 is 21.7. The molecule has 1 heterocycles. The maximum atomic E-state index is 12.1. The van der Waals surface area contributed by atoms with E-state index in [1.165, 1.54) is 14.0 Å². The van der Waals surface area contributed by atoms with Crippen LogP contribution in [0.25, 0.3) is 0 Å². The van der Waals surface area contributed by atoms with E-state index in [1.54, 1.807) is 24.3 Å². The quantitative estimate of drug-likeness (QED) is 0.806. The molecule has 0 aromatic heterocycles. The number of benzene rings is 1. The molecular weight excluding hydrogens is 328 g/mol. The molecule has 5 atom stereocenters. The van der Waals surface area contributed by atoms with Crippen LogP contribution >= 0.6 is 0 Å². The third-order valence-corrected chi connectivity index (χ3v) is 4.45. The van der Waals surface area contributed by atoms with Gasteiger partial charge >= 0.3 is 11.9 Å². The van der Waals surface area contributed by atoms with Gasteiger partial charge in [-0.1, -0.05) is 26.0 Å². The number of carbonyl (C=O) groups excluding carboxylic acids is 2. The molecule has 1 aromatic carbocycles. The Morgan fingerprint density at radius 1 is 1.16 bits per heavy atom. The second-order valence-electron chi connectivity index (χ2n) is 6.16. The van der Waals surface area contributed by atoms with Gasteiger partial charge < -0.3 is 24.1 Å². The topological polar surface area (TPSA) is 91.3 Å². The summed E-state index contributed by atoms with van der Waals surface area (Å²) in [5.41, 5.74) is 0.765. The van der Waals surface area contributed by atoms with E-state index < -0.39 is 30.4 Å². The molecule has 7 heteroatoms. The van der Waals surface area contributed by atoms with Gasteiger partial charge in [0.1, 0.15) is 11.9 Å². The Labute approximate surface area is 146 Å². The molecule has 0 radical (unpaired) electrons. The third kappa shape index (κ3) is 4.49. The van der Waals surface area contributed by atoms with Crippen molar-refractivity contribution in [2.45, 2.75) is 45.9 Å². The highest BCUT2D eigenvalue weighted by Gasteiger charge is 2.48. The van der Waals surface area contributed by atoms with E-state index in [1.807, 2.05) is 13.8 Å². The molecule has 1 fully saturated rings. The summed E-state index contributed by atoms with van der Waals surface area (Å²) in [5.74, 6) is -0.864. The third-order valence-electron chi connectivity index (χ3n) is 4.45. The highest BCUT2D eigenvalue weighted by molar-refractivity contribution is 5.76. The average Bonchev–Trinajstić information content (AvgIpc) is 2.61. The van der Waals surface area contributed by atoms with E-state index in [0.29, 0.717) is 5.75 Å². The van der Waals surface area contributed by atoms with E-state index in [-0.39, 0.29) is 18.4 Å². The van der Waals surface area contributed by atoms with Crippen LogP contribution < -0.4 is 4.74 Å². The van der Waals surface area contributed by atoms with Crippen molar-refractivity contribution >= 4 is 11.9 Å². The lowest BCUT2D eigenvalue weighted by Gasteiger charge is -2.42. The van der Waals surface area contributed by atoms with E-state index in [2.05, 4.69) is 0 Å². The van der Waals surface area contributed by atoms with Crippen molar-refractivity contribution in [1.29, 1.82) is 0 Å². The van der Waals surface area contributed by atoms with Crippen LogP contribution in [0.2, 0.25) is 0 Å². The first-order valence-corrected chi connectivity index (χ1v) is 8.14. The molecule has 0 aliphatic carbocycles. The molecule has 0 spiro atoms. The van der Waals surface area contributed by atoms with Crippen molar-refractivity contribution < 1.29 is 33.6 Å². The largest absolute Gasteiger partial charge is 0.467 e. The normalized spacial score (nSPS) is 28.9. The van der Waals surface area contributed by atoms with Crippen LogP contribution in [-0.4, -0.2) is 42.7 Å². The highest BCUT2D eigenvalue weighted by atomic mass is 16.7. The first-order chi connectivity index (χ1) is 11.9. The smallest absolute Gasteiger partial charge is 0.339 e. The van der Waals surface area contributed by atoms with Crippen molar-refractivity contribution in [1.82, 2.24) is 0 Å². The molecule has 1 N–H and O–H groups in total. The van der Waals surface area contributed by atoms with Crippen LogP contribution in [-0.2, 0) is 30.4 Å². The number of rotatable bonds is 5. The Hall–Kier alpha value is -2.12. The van der Waals surface area contributed by atoms with Gasteiger partial charge in [-0.05, 0) is 17.7 Å². The summed E-state index contributed by atoms with van der Waals surface area (Å²) >= 11 is 0. The Morgan fingerprint density at radius 2 is 1.80 bits per heavy atom. The predicted molar refractivity (Wildman–Crippen MR) is 87.6 cm³/mol. The molecule has 1 aromatic rings. The molecule has 138 valence electrons. The molecular formula is C18H24O7. The van der Waals surface area contributed by atoms with Crippen LogP contribution in [0.4, 0.5) is 0 Å². The Bertz CT molecular complexity index is 598. The fourth-order valence-electron chi connectivity index (χ4n) is 2.78. The fourth-order valence-corrected chi connectivity index (χ4v) is 2.78. The second kappa shape index (κ2) is 8.31. The number of aliphatic hydroxyl groups is 1. The Balaban J connectivity index is 2.18. The molecule has 0 unspecified atom stereocenters. The maximum Gasteiger partial charge on any atom is 0.339 e. The van der Waals surface area contributed by atoms with E-state index in [0.717, 1.165) is 5.56 Å². The van der Waals surface area contributed by atoms with Gasteiger partial charge in [0.15, 0.2) is 6.10 Å². The standard InChI is InChI=1S/C18H24O7/c1-10-11(2)18(24-14-7-5-13(9-19)6-8-14)25-16(17(21)22-4)15(10)23-12(3)20/h5-8,10-11,15-16,18-19H,9H2,1-4H3/t10-,11-,15+,16+,18-/m1/s1. The zero-order chi connectivity index (χ0) is 18.6. The summed E-state index contributed by atoms with van der Waals surface area (Å²) in [6.45, 7) is 5.02. The molecule has 2 rings (SSSR count). The van der Waals surface area contributed by atoms with Gasteiger partial charge in [0, 0.05) is 18.8 Å². The summed E-state index contributed by atoms with van der Waals surface area (Å²) in [4.78, 5) is 23.4. The minimum Gasteiger partial charge on any atom is -0.467 e. The molecule has 0 saturated carbocycles. The lowest BCUT2D eigenvalue weighted by molar-refractivity contribution is -0.243. The molecule has 0 bridgehead atoms. The number of hydrogen-bond donors (Lipinski definition) is 1. The van der Waals surface area contributed by atoms with Crippen LogP contribution in [0, 0.1) is 11.8 Å². The van der Waals surface area contributed by atoms with Gasteiger partial charge in [0.2, 0.25) is 6.29 Å². The summed E-state index contributed by atoms with van der Waals surface area (Å²) in [7, 11) is 1.25. The summed E-state index contributed by atoms with van der Waals surface area (Å²) in [6.07, 6.45) is -2.50. The van der Waals surface area contributed by atoms with E-state index >= 15 is 0 Å². The molecule has 0 amide bonds. The van der Waals surface area contributed by atoms with E-state index in [9.17, 15) is 9.59 Å². The van der Waals surface area contributed by atoms with Gasteiger partial charge in [-0.2, -0.15) is 0 Å². The Kier molecular flexibility index (Phi) is 6.39. The van der Waals surface area contributed by atoms with Gasteiger partial charge in [-0.3, -0.25) is 4.79 Å². The van der Waals surface area contributed by atoms with Crippen molar-refractivity contribution in [2.24, 2.45) is 11.8 Å². The average molecular weight is 352 g/mol. The molecule has 1 saturated heterocycles. The predicted octanol–water partition coefficient (Wildman–Crippen LogP) is 1.66. The first kappa shape index (κ1) is 19.2. The highest BCUT2D eigenvalue weighted by Crippen LogP contribution is 2.34. The monoisotopic (exact) mass is 352 g/mol. The zero-order valence-electron chi connectivity index (χ0n) is 14.8. The van der Waals surface area contributed by atoms with Crippen molar-refractivity contribution in [3.63, 3.8) is 0 Å². The molecule has 7 nitrogen and oxygen atoms in total. The van der Waals surface area contributed by atoms with Gasteiger partial charge in [0.05, 0.1) is 13.7 Å². The van der Waals surface area contributed by atoms with Crippen LogP contribution in [0.15, 0.2) is 24.3 Å². The minimum atomic E-state index is -1.05. The van der Waals surface area contributed by atoms with Gasteiger partial charge in [-0.15, -0.1) is 0 Å². The zero-order valence-corrected chi connectivity index (χ0v) is 14.8. The van der Waals surface area contributed by atoms with E-state index in [4.69, 9.17) is 24.1 Å². The minimum absolute atomic E-state index is 0.0534. The van der Waals surface area contributed by atoms with Gasteiger partial charge in [0.25, 0.3) is 0 Å². The fraction of sp³-hybridized carbons (Fsp3) is 0.556. The second-order valence-corrected chi connectivity index (χ2v) is 6.16. The number of esters is 2. The number of carbonyl (C=O) groups is 2. The van der Waals surface area contributed by atoms with Crippen molar-refractivity contribution in [3.05, 3.63) is 29.8 Å². The lowest BCUT2D eigenvalue weighted by atomic mass is 9.84. The number of ether oxygens (including phenoxy) is 4. The van der Waals surface area contributed by atoms with Crippen LogP contribution in [0.5, 0.6) is 5.75 Å². The van der Waals surface area contributed by atoms with Crippen LogP contribution in [0.3, 0.4) is 0 Å². The Morgan fingerprint density at radius 3 is 2.32 bits per heavy atom. The first-order valence-electron chi connectivity index (χ1n) is 8.14. The molecule has 1 aliphatic rings. The summed E-state index contributed by atoms with van der Waals surface area (Å²) in [6, 6.07) is 6.92. The maximum absolute atomic E-state index is 12.1. The summed E-state index contributed by atoms with van der Waals surface area (Å²) in [5, 5.41) is 9.09. The molecule has 1 aliphatic heterocycles. The number of aliphatic hydroxyl groups excluding tert-OH is 1. The van der Waals surface area contributed by atoms with Gasteiger partial charge in [-0.25, -0.2) is 4.79 Å². The van der Waals surface area contributed by atoms with Crippen molar-refractivity contribution in [3.8, 4) is 5.75 Å². The van der Waals surface area contributed by atoms with Crippen LogP contribution in [0.1, 0.15) is 26.3 Å². The molecule has 25 heavy (non-hydrogen) atoms. The van der Waals surface area contributed by atoms with Crippen molar-refractivity contribution in [2.75, 3.05) is 7.11 Å².